The lowest BCUT2D eigenvalue weighted by molar-refractivity contribution is -0.165. The molecule has 110 valence electrons. The summed E-state index contributed by atoms with van der Waals surface area (Å²) in [5, 5.41) is 40.4. The number of aliphatic hydroxyl groups excluding tert-OH is 2. The number of carbonyl (C=O) groups is 4. The molecule has 0 radical (unpaired) electrons. The number of hydroxylamine groups is 1. The van der Waals surface area contributed by atoms with Crippen LogP contribution in [0, 0.1) is 0 Å². The third kappa shape index (κ3) is 10.6. The van der Waals surface area contributed by atoms with Gasteiger partial charge in [-0.2, -0.15) is 0 Å². The normalized spacial score (nSPS) is 12.4. The van der Waals surface area contributed by atoms with Crippen molar-refractivity contribution in [2.75, 3.05) is 0 Å². The molecule has 0 aliphatic carbocycles. The van der Waals surface area contributed by atoms with Crippen molar-refractivity contribution in [1.82, 2.24) is 5.48 Å². The van der Waals surface area contributed by atoms with E-state index in [0.717, 1.165) is 0 Å². The molecular weight excluding hydrogens is 268 g/mol. The van der Waals surface area contributed by atoms with E-state index in [2.05, 4.69) is 0 Å². The molecule has 0 aromatic heterocycles. The van der Waals surface area contributed by atoms with Gasteiger partial charge in [0.05, 0.1) is 0 Å². The van der Waals surface area contributed by atoms with Crippen molar-refractivity contribution in [1.29, 1.82) is 0 Å². The van der Waals surface area contributed by atoms with Gasteiger partial charge in [-0.3, -0.25) is 14.8 Å². The van der Waals surface area contributed by atoms with Crippen molar-refractivity contribution in [3.8, 4) is 0 Å². The fraction of sp³-hybridized carbons (Fsp3) is 0.500. The Labute approximate surface area is 106 Å². The highest BCUT2D eigenvalue weighted by molar-refractivity contribution is 5.83. The summed E-state index contributed by atoms with van der Waals surface area (Å²) in [5.41, 5.74) is 6.07. The van der Waals surface area contributed by atoms with Gasteiger partial charge in [-0.15, -0.1) is 0 Å². The maximum atomic E-state index is 10.1. The van der Waals surface area contributed by atoms with Gasteiger partial charge < -0.3 is 26.2 Å². The van der Waals surface area contributed by atoms with Crippen LogP contribution in [-0.4, -0.2) is 61.6 Å². The molecule has 19 heavy (non-hydrogen) atoms. The predicted molar refractivity (Wildman–Crippen MR) is 55.6 cm³/mol. The summed E-state index contributed by atoms with van der Waals surface area (Å²) in [6, 6.07) is 0. The molecule has 0 bridgehead atoms. The Morgan fingerprint density at radius 1 is 0.947 bits per heavy atom. The molecule has 11 heteroatoms. The topological polar surface area (TPSA) is 207 Å². The first-order chi connectivity index (χ1) is 8.63. The van der Waals surface area contributed by atoms with Gasteiger partial charge in [-0.05, 0) is 0 Å². The summed E-state index contributed by atoms with van der Waals surface area (Å²) >= 11 is 0. The van der Waals surface area contributed by atoms with E-state index in [9.17, 15) is 19.2 Å². The Bertz CT molecular complexity index is 325. The molecule has 0 saturated carbocycles. The molecule has 0 spiro atoms. The summed E-state index contributed by atoms with van der Waals surface area (Å²) in [6.45, 7) is 0. The Kier molecular flexibility index (Phi) is 9.81. The molecule has 0 aliphatic rings. The Morgan fingerprint density at radius 3 is 1.53 bits per heavy atom. The SMILES string of the molecule is NC(=O)CCC(=O)NO.O=C(O)C(O)C(O)C(=O)O. The Hall–Kier alpha value is -2.24. The number of nitrogens with two attached hydrogens (primary N) is 1. The minimum absolute atomic E-state index is 0.0353. The molecule has 8 N–H and O–H groups in total. The smallest absolute Gasteiger partial charge is 0.335 e. The van der Waals surface area contributed by atoms with Crippen LogP contribution >= 0.6 is 0 Å². The van der Waals surface area contributed by atoms with Crippen LogP contribution in [0.5, 0.6) is 0 Å². The first-order valence-corrected chi connectivity index (χ1v) is 4.66. The Balaban J connectivity index is 0. The van der Waals surface area contributed by atoms with E-state index in [4.69, 9.17) is 31.4 Å². The van der Waals surface area contributed by atoms with Gasteiger partial charge in [0.2, 0.25) is 11.8 Å². The molecule has 0 aromatic carbocycles. The van der Waals surface area contributed by atoms with Crippen LogP contribution in [0.2, 0.25) is 0 Å². The summed E-state index contributed by atoms with van der Waals surface area (Å²) in [6.07, 6.45) is -4.63. The molecule has 0 aliphatic heterocycles. The number of amides is 2. The minimum Gasteiger partial charge on any atom is -0.479 e. The van der Waals surface area contributed by atoms with E-state index in [1.165, 1.54) is 5.48 Å². The number of carboxylic acids is 2. The second kappa shape index (κ2) is 9.76. The van der Waals surface area contributed by atoms with Crippen LogP contribution in [0.25, 0.3) is 0 Å². The first kappa shape index (κ1) is 19.1. The fourth-order valence-electron chi connectivity index (χ4n) is 0.563. The van der Waals surface area contributed by atoms with E-state index in [1.807, 2.05) is 0 Å². The third-order valence-electron chi connectivity index (χ3n) is 1.53. The van der Waals surface area contributed by atoms with Gasteiger partial charge in [-0.25, -0.2) is 15.1 Å². The molecule has 0 aromatic rings. The number of hydrogen-bond donors (Lipinski definition) is 7. The van der Waals surface area contributed by atoms with E-state index >= 15 is 0 Å². The summed E-state index contributed by atoms with van der Waals surface area (Å²) in [4.78, 5) is 39.7. The van der Waals surface area contributed by atoms with E-state index < -0.39 is 36.0 Å². The summed E-state index contributed by atoms with van der Waals surface area (Å²) < 4.78 is 0. The van der Waals surface area contributed by atoms with E-state index in [1.54, 1.807) is 0 Å². The second-order valence-corrected chi connectivity index (χ2v) is 3.07. The number of carboxylic acid groups (broad SMARTS) is 2. The highest BCUT2D eigenvalue weighted by atomic mass is 16.5. The Morgan fingerprint density at radius 2 is 1.32 bits per heavy atom. The number of aliphatic carboxylic acids is 2. The lowest BCUT2D eigenvalue weighted by Gasteiger charge is -2.07. The van der Waals surface area contributed by atoms with Crippen molar-refractivity contribution >= 4 is 23.8 Å². The number of aliphatic hydroxyl groups is 2. The van der Waals surface area contributed by atoms with Crippen molar-refractivity contribution < 1.29 is 44.8 Å². The van der Waals surface area contributed by atoms with Gasteiger partial charge in [0, 0.05) is 12.8 Å². The summed E-state index contributed by atoms with van der Waals surface area (Å²) in [7, 11) is 0. The van der Waals surface area contributed by atoms with Crippen LogP contribution in [0.15, 0.2) is 0 Å². The van der Waals surface area contributed by atoms with Gasteiger partial charge >= 0.3 is 11.9 Å². The van der Waals surface area contributed by atoms with Crippen LogP contribution < -0.4 is 11.2 Å². The number of nitrogens with one attached hydrogen (secondary N) is 1. The van der Waals surface area contributed by atoms with Crippen LogP contribution in [-0.2, 0) is 19.2 Å². The second-order valence-electron chi connectivity index (χ2n) is 3.07. The quantitative estimate of drug-likeness (QED) is 0.191. The molecule has 2 amide bonds. The fourth-order valence-corrected chi connectivity index (χ4v) is 0.563. The number of hydrogen-bond acceptors (Lipinski definition) is 7. The highest BCUT2D eigenvalue weighted by Crippen LogP contribution is 1.92. The molecule has 2 atom stereocenters. The maximum Gasteiger partial charge on any atom is 0.335 e. The summed E-state index contributed by atoms with van der Waals surface area (Å²) in [5.74, 6) is -4.70. The number of primary amides is 1. The lowest BCUT2D eigenvalue weighted by Crippen LogP contribution is -2.39. The van der Waals surface area contributed by atoms with Crippen LogP contribution in [0.4, 0.5) is 0 Å². The molecule has 11 nitrogen and oxygen atoms in total. The molecule has 0 heterocycles. The standard InChI is InChI=1S/C4H8N2O3.C4H6O6/c5-3(7)1-2-4(8)6-9;5-1(3(7)8)2(6)4(9)10/h9H,1-2H2,(H2,5,7)(H,6,8);1-2,5-6H,(H,7,8)(H,9,10). The van der Waals surface area contributed by atoms with E-state index in [0.29, 0.717) is 0 Å². The average molecular weight is 282 g/mol. The maximum absolute atomic E-state index is 10.1. The molecule has 2 unspecified atom stereocenters. The lowest BCUT2D eigenvalue weighted by atomic mass is 10.2. The van der Waals surface area contributed by atoms with Crippen molar-refractivity contribution in [2.45, 2.75) is 25.0 Å². The van der Waals surface area contributed by atoms with Crippen molar-refractivity contribution in [3.63, 3.8) is 0 Å². The monoisotopic (exact) mass is 282 g/mol. The molecule has 0 rings (SSSR count). The van der Waals surface area contributed by atoms with E-state index in [-0.39, 0.29) is 12.8 Å². The predicted octanol–water partition coefficient (Wildman–Crippen LogP) is -3.37. The van der Waals surface area contributed by atoms with Gasteiger partial charge in [0.15, 0.2) is 12.2 Å². The minimum atomic E-state index is -2.27. The van der Waals surface area contributed by atoms with Crippen LogP contribution in [0.1, 0.15) is 12.8 Å². The molecular formula is C8H14N2O9. The zero-order valence-corrected chi connectivity index (χ0v) is 9.52. The van der Waals surface area contributed by atoms with Crippen molar-refractivity contribution in [2.24, 2.45) is 5.73 Å². The van der Waals surface area contributed by atoms with Gasteiger partial charge in [0.1, 0.15) is 0 Å². The first-order valence-electron chi connectivity index (χ1n) is 4.66. The zero-order chi connectivity index (χ0) is 15.6. The number of rotatable bonds is 6. The molecule has 0 fully saturated rings. The highest BCUT2D eigenvalue weighted by Gasteiger charge is 2.29. The third-order valence-corrected chi connectivity index (χ3v) is 1.53. The largest absolute Gasteiger partial charge is 0.479 e. The zero-order valence-electron chi connectivity index (χ0n) is 9.52. The average Bonchev–Trinajstić information content (AvgIpc) is 2.34. The van der Waals surface area contributed by atoms with Gasteiger partial charge in [0.25, 0.3) is 0 Å². The number of carbonyl (C=O) groups excluding carboxylic acids is 2. The molecule has 0 saturated heterocycles. The van der Waals surface area contributed by atoms with Gasteiger partial charge in [-0.1, -0.05) is 0 Å². The van der Waals surface area contributed by atoms with Crippen LogP contribution in [0.3, 0.4) is 0 Å². The van der Waals surface area contributed by atoms with Crippen molar-refractivity contribution in [3.05, 3.63) is 0 Å².